The number of anilines is 1. The van der Waals surface area contributed by atoms with Crippen LogP contribution in [0, 0.1) is 6.92 Å². The van der Waals surface area contributed by atoms with Gasteiger partial charge in [0, 0.05) is 29.4 Å². The van der Waals surface area contributed by atoms with E-state index < -0.39 is 6.04 Å². The van der Waals surface area contributed by atoms with Crippen molar-refractivity contribution in [2.45, 2.75) is 25.8 Å². The van der Waals surface area contributed by atoms with Crippen LogP contribution in [0.15, 0.2) is 67.0 Å². The summed E-state index contributed by atoms with van der Waals surface area (Å²) in [4.78, 5) is 17.1. The van der Waals surface area contributed by atoms with Crippen molar-refractivity contribution >= 4 is 34.7 Å². The summed E-state index contributed by atoms with van der Waals surface area (Å²) in [6, 6.07) is 16.4. The van der Waals surface area contributed by atoms with E-state index in [0.717, 1.165) is 16.7 Å². The molecule has 3 rings (SSSR count). The van der Waals surface area contributed by atoms with Crippen molar-refractivity contribution in [3.63, 3.8) is 0 Å². The Morgan fingerprint density at radius 2 is 1.78 bits per heavy atom. The molecule has 138 valence electrons. The quantitative estimate of drug-likeness (QED) is 0.526. The third-order valence-electron chi connectivity index (χ3n) is 4.37. The fraction of sp³-hybridized carbons (Fsp3) is 0.182. The van der Waals surface area contributed by atoms with Crippen LogP contribution in [-0.2, 0) is 11.2 Å². The Labute approximate surface area is 169 Å². The van der Waals surface area contributed by atoms with Gasteiger partial charge in [-0.25, -0.2) is 0 Å². The van der Waals surface area contributed by atoms with Gasteiger partial charge in [0.15, 0.2) is 5.78 Å². The second kappa shape index (κ2) is 9.03. The summed E-state index contributed by atoms with van der Waals surface area (Å²) in [6.45, 7) is 1.97. The zero-order chi connectivity index (χ0) is 19.2. The van der Waals surface area contributed by atoms with E-state index in [0.29, 0.717) is 28.6 Å². The second-order valence-electron chi connectivity index (χ2n) is 6.40. The SMILES string of the molecule is Cc1ccc(NC(C(=O)CCc2ccncc2)c2ccccc2Cl)c(Cl)c1. The second-order valence-corrected chi connectivity index (χ2v) is 7.22. The highest BCUT2D eigenvalue weighted by molar-refractivity contribution is 6.33. The number of nitrogens with zero attached hydrogens (tertiary/aromatic N) is 1. The van der Waals surface area contributed by atoms with Gasteiger partial charge >= 0.3 is 0 Å². The number of hydrogen-bond acceptors (Lipinski definition) is 3. The minimum Gasteiger partial charge on any atom is -0.370 e. The molecule has 3 nitrogen and oxygen atoms in total. The molecule has 0 bridgehead atoms. The van der Waals surface area contributed by atoms with Gasteiger partial charge in [0.1, 0.15) is 6.04 Å². The lowest BCUT2D eigenvalue weighted by atomic mass is 9.97. The Morgan fingerprint density at radius 3 is 2.48 bits per heavy atom. The molecular weight excluding hydrogens is 379 g/mol. The summed E-state index contributed by atoms with van der Waals surface area (Å²) in [7, 11) is 0. The summed E-state index contributed by atoms with van der Waals surface area (Å²) in [5.41, 5.74) is 3.59. The molecule has 0 fully saturated rings. The van der Waals surface area contributed by atoms with Gasteiger partial charge in [-0.3, -0.25) is 9.78 Å². The van der Waals surface area contributed by atoms with Crippen molar-refractivity contribution in [3.8, 4) is 0 Å². The van der Waals surface area contributed by atoms with E-state index >= 15 is 0 Å². The standard InChI is InChI=1S/C22H20Cl2N2O/c1-15-6-8-20(19(24)14-15)26-22(17-4-2-3-5-18(17)23)21(27)9-7-16-10-12-25-13-11-16/h2-6,8,10-14,22,26H,7,9H2,1H3. The van der Waals surface area contributed by atoms with E-state index in [1.165, 1.54) is 0 Å². The fourth-order valence-electron chi connectivity index (χ4n) is 2.89. The van der Waals surface area contributed by atoms with Crippen molar-refractivity contribution < 1.29 is 4.79 Å². The summed E-state index contributed by atoms with van der Waals surface area (Å²) >= 11 is 12.7. The van der Waals surface area contributed by atoms with Gasteiger partial charge in [-0.1, -0.05) is 47.5 Å². The number of aromatic nitrogens is 1. The topological polar surface area (TPSA) is 42.0 Å². The summed E-state index contributed by atoms with van der Waals surface area (Å²) in [5.74, 6) is 0.0524. The van der Waals surface area contributed by atoms with E-state index in [1.807, 2.05) is 55.5 Å². The minimum absolute atomic E-state index is 0.0524. The molecule has 5 heteroatoms. The van der Waals surface area contributed by atoms with Crippen molar-refractivity contribution in [3.05, 3.63) is 93.7 Å². The smallest absolute Gasteiger partial charge is 0.159 e. The molecule has 27 heavy (non-hydrogen) atoms. The number of nitrogens with one attached hydrogen (secondary N) is 1. The monoisotopic (exact) mass is 398 g/mol. The number of ketones is 1. The Morgan fingerprint density at radius 1 is 1.04 bits per heavy atom. The predicted molar refractivity (Wildman–Crippen MR) is 112 cm³/mol. The molecule has 1 N–H and O–H groups in total. The van der Waals surface area contributed by atoms with Crippen LogP contribution < -0.4 is 5.32 Å². The van der Waals surface area contributed by atoms with Gasteiger partial charge < -0.3 is 5.32 Å². The molecule has 0 amide bonds. The van der Waals surface area contributed by atoms with Crippen molar-refractivity contribution in [1.82, 2.24) is 4.98 Å². The lowest BCUT2D eigenvalue weighted by molar-refractivity contribution is -0.119. The summed E-state index contributed by atoms with van der Waals surface area (Å²) in [5, 5.41) is 4.42. The predicted octanol–water partition coefficient (Wildman–Crippen LogP) is 6.05. The number of aryl methyl sites for hydroxylation is 2. The summed E-state index contributed by atoms with van der Waals surface area (Å²) < 4.78 is 0. The average molecular weight is 399 g/mol. The lowest BCUT2D eigenvalue weighted by Gasteiger charge is -2.21. The molecule has 0 radical (unpaired) electrons. The van der Waals surface area contributed by atoms with Gasteiger partial charge in [-0.15, -0.1) is 0 Å². The number of hydrogen-bond donors (Lipinski definition) is 1. The fourth-order valence-corrected chi connectivity index (χ4v) is 3.43. The zero-order valence-electron chi connectivity index (χ0n) is 15.0. The molecule has 0 spiro atoms. The van der Waals surface area contributed by atoms with Crippen LogP contribution in [0.4, 0.5) is 5.69 Å². The number of carbonyl (C=O) groups excluding carboxylic acids is 1. The van der Waals surface area contributed by atoms with Gasteiger partial charge in [0.25, 0.3) is 0 Å². The number of benzene rings is 2. The van der Waals surface area contributed by atoms with E-state index in [-0.39, 0.29) is 5.78 Å². The highest BCUT2D eigenvalue weighted by Gasteiger charge is 2.23. The highest BCUT2D eigenvalue weighted by atomic mass is 35.5. The van der Waals surface area contributed by atoms with Crippen LogP contribution >= 0.6 is 23.2 Å². The minimum atomic E-state index is -0.569. The summed E-state index contributed by atoms with van der Waals surface area (Å²) in [6.07, 6.45) is 4.49. The number of rotatable bonds is 7. The Hall–Kier alpha value is -2.36. The molecule has 1 unspecified atom stereocenters. The van der Waals surface area contributed by atoms with Crippen LogP contribution in [0.2, 0.25) is 10.0 Å². The van der Waals surface area contributed by atoms with Crippen LogP contribution in [0.25, 0.3) is 0 Å². The Balaban J connectivity index is 1.85. The van der Waals surface area contributed by atoms with E-state index in [2.05, 4.69) is 10.3 Å². The Bertz CT molecular complexity index is 929. The average Bonchev–Trinajstić information content (AvgIpc) is 2.67. The Kier molecular flexibility index (Phi) is 6.49. The van der Waals surface area contributed by atoms with Gasteiger partial charge in [0.2, 0.25) is 0 Å². The van der Waals surface area contributed by atoms with E-state index in [1.54, 1.807) is 18.5 Å². The molecule has 3 aromatic rings. The number of Topliss-reactive ketones (excluding diaryl/α,β-unsaturated/α-hetero) is 1. The van der Waals surface area contributed by atoms with Crippen molar-refractivity contribution in [1.29, 1.82) is 0 Å². The maximum atomic E-state index is 13.1. The molecule has 0 saturated carbocycles. The van der Waals surface area contributed by atoms with Crippen LogP contribution in [-0.4, -0.2) is 10.8 Å². The first-order chi connectivity index (χ1) is 13.0. The first-order valence-electron chi connectivity index (χ1n) is 8.73. The highest BCUT2D eigenvalue weighted by Crippen LogP contribution is 2.31. The molecule has 0 saturated heterocycles. The normalized spacial score (nSPS) is 11.8. The number of halogens is 2. The molecule has 1 atom stereocenters. The first-order valence-corrected chi connectivity index (χ1v) is 9.49. The van der Waals surface area contributed by atoms with E-state index in [9.17, 15) is 4.79 Å². The van der Waals surface area contributed by atoms with Gasteiger partial charge in [-0.2, -0.15) is 0 Å². The molecule has 0 aliphatic carbocycles. The van der Waals surface area contributed by atoms with Crippen molar-refractivity contribution in [2.75, 3.05) is 5.32 Å². The largest absolute Gasteiger partial charge is 0.370 e. The molecule has 1 heterocycles. The lowest BCUT2D eigenvalue weighted by Crippen LogP contribution is -2.22. The molecule has 0 aliphatic heterocycles. The molecule has 1 aromatic heterocycles. The first kappa shape index (κ1) is 19.4. The van der Waals surface area contributed by atoms with E-state index in [4.69, 9.17) is 23.2 Å². The van der Waals surface area contributed by atoms with Crippen LogP contribution in [0.5, 0.6) is 0 Å². The van der Waals surface area contributed by atoms with Crippen LogP contribution in [0.3, 0.4) is 0 Å². The molecular formula is C22H20Cl2N2O. The number of pyridine rings is 1. The third kappa shape index (κ3) is 5.09. The maximum Gasteiger partial charge on any atom is 0.159 e. The molecule has 2 aromatic carbocycles. The van der Waals surface area contributed by atoms with Gasteiger partial charge in [-0.05, 0) is 54.8 Å². The number of carbonyl (C=O) groups is 1. The zero-order valence-corrected chi connectivity index (χ0v) is 16.5. The third-order valence-corrected chi connectivity index (χ3v) is 5.03. The van der Waals surface area contributed by atoms with Crippen LogP contribution in [0.1, 0.15) is 29.2 Å². The molecule has 0 aliphatic rings. The maximum absolute atomic E-state index is 13.1. The van der Waals surface area contributed by atoms with Gasteiger partial charge in [0.05, 0.1) is 10.7 Å². The van der Waals surface area contributed by atoms with Crippen molar-refractivity contribution in [2.24, 2.45) is 0 Å².